The van der Waals surface area contributed by atoms with Crippen LogP contribution >= 0.6 is 22.9 Å². The van der Waals surface area contributed by atoms with E-state index in [9.17, 15) is 4.79 Å². The fourth-order valence-electron chi connectivity index (χ4n) is 1.80. The highest BCUT2D eigenvalue weighted by atomic mass is 35.5. The lowest BCUT2D eigenvalue weighted by Crippen LogP contribution is -2.02. The van der Waals surface area contributed by atoms with Gasteiger partial charge < -0.3 is 5.11 Å². The Morgan fingerprint density at radius 2 is 2.31 bits per heavy atom. The van der Waals surface area contributed by atoms with Gasteiger partial charge in [0, 0.05) is 15.1 Å². The van der Waals surface area contributed by atoms with E-state index in [4.69, 9.17) is 16.7 Å². The summed E-state index contributed by atoms with van der Waals surface area (Å²) in [4.78, 5) is 10.7. The number of fused-ring (bicyclic) bond motifs is 1. The highest BCUT2D eigenvalue weighted by molar-refractivity contribution is 7.17. The SMILES string of the molecule is CC(CC(=O)O)c1csc2cccc(Cl)c12. The predicted octanol–water partition coefficient (Wildman–Crippen LogP) is 4.13. The second-order valence-electron chi connectivity index (χ2n) is 3.80. The topological polar surface area (TPSA) is 37.3 Å². The standard InChI is InChI=1S/C12H11ClO2S/c1-7(5-11(14)15)8-6-16-10-4-2-3-9(13)12(8)10/h2-4,6-7H,5H2,1H3,(H,14,15). The second-order valence-corrected chi connectivity index (χ2v) is 5.12. The Morgan fingerprint density at radius 1 is 1.56 bits per heavy atom. The van der Waals surface area contributed by atoms with Crippen LogP contribution in [0.2, 0.25) is 5.02 Å². The summed E-state index contributed by atoms with van der Waals surface area (Å²) in [7, 11) is 0. The van der Waals surface area contributed by atoms with Gasteiger partial charge in [-0.15, -0.1) is 11.3 Å². The molecule has 0 amide bonds. The van der Waals surface area contributed by atoms with Crippen LogP contribution in [-0.2, 0) is 4.79 Å². The zero-order chi connectivity index (χ0) is 11.7. The van der Waals surface area contributed by atoms with Crippen molar-refractivity contribution >= 4 is 39.0 Å². The van der Waals surface area contributed by atoms with Gasteiger partial charge in [-0.1, -0.05) is 24.6 Å². The summed E-state index contributed by atoms with van der Waals surface area (Å²) >= 11 is 7.75. The van der Waals surface area contributed by atoms with Crippen molar-refractivity contribution in [1.82, 2.24) is 0 Å². The summed E-state index contributed by atoms with van der Waals surface area (Å²) in [5.74, 6) is -0.787. The lowest BCUT2D eigenvalue weighted by Gasteiger charge is -2.08. The fraction of sp³-hybridized carbons (Fsp3) is 0.250. The molecule has 1 atom stereocenters. The van der Waals surface area contributed by atoms with Gasteiger partial charge in [-0.2, -0.15) is 0 Å². The number of thiophene rings is 1. The molecule has 2 rings (SSSR count). The molecule has 0 aliphatic heterocycles. The molecule has 84 valence electrons. The molecular formula is C12H11ClO2S. The molecule has 1 aromatic heterocycles. The molecule has 0 bridgehead atoms. The van der Waals surface area contributed by atoms with Crippen LogP contribution in [0.15, 0.2) is 23.6 Å². The van der Waals surface area contributed by atoms with E-state index in [-0.39, 0.29) is 12.3 Å². The van der Waals surface area contributed by atoms with Gasteiger partial charge in [0.1, 0.15) is 0 Å². The molecule has 0 aliphatic rings. The highest BCUT2D eigenvalue weighted by Gasteiger charge is 2.16. The first-order valence-corrected chi connectivity index (χ1v) is 6.22. The highest BCUT2D eigenvalue weighted by Crippen LogP contribution is 2.36. The third-order valence-corrected chi connectivity index (χ3v) is 3.87. The van der Waals surface area contributed by atoms with Crippen LogP contribution in [0.25, 0.3) is 10.1 Å². The average molecular weight is 255 g/mol. The van der Waals surface area contributed by atoms with E-state index >= 15 is 0 Å². The largest absolute Gasteiger partial charge is 0.481 e. The molecule has 0 saturated carbocycles. The van der Waals surface area contributed by atoms with Gasteiger partial charge in [0.15, 0.2) is 0 Å². The number of aliphatic carboxylic acids is 1. The van der Waals surface area contributed by atoms with Crippen LogP contribution < -0.4 is 0 Å². The van der Waals surface area contributed by atoms with Gasteiger partial charge in [-0.3, -0.25) is 4.79 Å². The smallest absolute Gasteiger partial charge is 0.303 e. The van der Waals surface area contributed by atoms with Gasteiger partial charge in [0.25, 0.3) is 0 Å². The summed E-state index contributed by atoms with van der Waals surface area (Å²) in [5, 5.41) is 12.5. The molecule has 1 heterocycles. The predicted molar refractivity (Wildman–Crippen MR) is 67.5 cm³/mol. The van der Waals surface area contributed by atoms with E-state index < -0.39 is 5.97 Å². The van der Waals surface area contributed by atoms with Gasteiger partial charge in [-0.25, -0.2) is 0 Å². The number of benzene rings is 1. The molecule has 2 nitrogen and oxygen atoms in total. The first kappa shape index (κ1) is 11.4. The van der Waals surface area contributed by atoms with Crippen molar-refractivity contribution in [2.75, 3.05) is 0 Å². The Morgan fingerprint density at radius 3 is 3.00 bits per heavy atom. The van der Waals surface area contributed by atoms with Gasteiger partial charge in [0.05, 0.1) is 6.42 Å². The molecule has 16 heavy (non-hydrogen) atoms. The number of carbonyl (C=O) groups is 1. The maximum Gasteiger partial charge on any atom is 0.303 e. The van der Waals surface area contributed by atoms with Crippen molar-refractivity contribution in [3.05, 3.63) is 34.2 Å². The van der Waals surface area contributed by atoms with Crippen LogP contribution in [0.1, 0.15) is 24.8 Å². The average Bonchev–Trinajstić information content (AvgIpc) is 2.61. The molecule has 1 N–H and O–H groups in total. The second kappa shape index (κ2) is 4.44. The van der Waals surface area contributed by atoms with E-state index in [1.165, 1.54) is 0 Å². The van der Waals surface area contributed by atoms with Crippen LogP contribution in [0, 0.1) is 0 Å². The van der Waals surface area contributed by atoms with Crippen molar-refractivity contribution in [3.8, 4) is 0 Å². The van der Waals surface area contributed by atoms with E-state index in [0.717, 1.165) is 15.6 Å². The molecular weight excluding hydrogens is 244 g/mol. The monoisotopic (exact) mass is 254 g/mol. The Balaban J connectivity index is 2.48. The summed E-state index contributed by atoms with van der Waals surface area (Å²) in [6.07, 6.45) is 0.136. The quantitative estimate of drug-likeness (QED) is 0.894. The summed E-state index contributed by atoms with van der Waals surface area (Å²) < 4.78 is 1.11. The van der Waals surface area contributed by atoms with E-state index in [0.29, 0.717) is 5.02 Å². The number of carboxylic acid groups (broad SMARTS) is 1. The Bertz CT molecular complexity index is 533. The summed E-state index contributed by atoms with van der Waals surface area (Å²) in [6, 6.07) is 5.75. The first-order valence-electron chi connectivity index (χ1n) is 4.97. The normalized spacial score (nSPS) is 12.9. The Kier molecular flexibility index (Phi) is 3.17. The van der Waals surface area contributed by atoms with Crippen LogP contribution in [-0.4, -0.2) is 11.1 Å². The Labute approximate surface area is 102 Å². The van der Waals surface area contributed by atoms with Crippen molar-refractivity contribution in [1.29, 1.82) is 0 Å². The number of rotatable bonds is 3. The molecule has 0 aliphatic carbocycles. The minimum Gasteiger partial charge on any atom is -0.481 e. The molecule has 0 spiro atoms. The minimum atomic E-state index is -0.779. The lowest BCUT2D eigenvalue weighted by molar-refractivity contribution is -0.137. The van der Waals surface area contributed by atoms with E-state index in [2.05, 4.69) is 0 Å². The van der Waals surface area contributed by atoms with Crippen molar-refractivity contribution < 1.29 is 9.90 Å². The van der Waals surface area contributed by atoms with Crippen molar-refractivity contribution in [3.63, 3.8) is 0 Å². The van der Waals surface area contributed by atoms with E-state index in [1.807, 2.05) is 30.5 Å². The van der Waals surface area contributed by atoms with E-state index in [1.54, 1.807) is 11.3 Å². The molecule has 1 aromatic carbocycles. The third kappa shape index (κ3) is 2.06. The number of hydrogen-bond donors (Lipinski definition) is 1. The molecule has 2 aromatic rings. The molecule has 4 heteroatoms. The van der Waals surface area contributed by atoms with Crippen molar-refractivity contribution in [2.24, 2.45) is 0 Å². The number of hydrogen-bond acceptors (Lipinski definition) is 2. The minimum absolute atomic E-state index is 0.00819. The number of carboxylic acids is 1. The zero-order valence-corrected chi connectivity index (χ0v) is 10.3. The fourth-order valence-corrected chi connectivity index (χ4v) is 3.25. The Hall–Kier alpha value is -1.06. The van der Waals surface area contributed by atoms with Crippen LogP contribution in [0.3, 0.4) is 0 Å². The first-order chi connectivity index (χ1) is 7.59. The van der Waals surface area contributed by atoms with Gasteiger partial charge >= 0.3 is 5.97 Å². The maximum atomic E-state index is 10.7. The molecule has 0 saturated heterocycles. The van der Waals surface area contributed by atoms with Crippen LogP contribution in [0.4, 0.5) is 0 Å². The van der Waals surface area contributed by atoms with Gasteiger partial charge in [-0.05, 0) is 29.0 Å². The molecule has 1 unspecified atom stereocenters. The maximum absolute atomic E-state index is 10.7. The third-order valence-electron chi connectivity index (χ3n) is 2.59. The van der Waals surface area contributed by atoms with Gasteiger partial charge in [0.2, 0.25) is 0 Å². The summed E-state index contributed by atoms with van der Waals surface area (Å²) in [5.41, 5.74) is 1.04. The van der Waals surface area contributed by atoms with Crippen LogP contribution in [0.5, 0.6) is 0 Å². The van der Waals surface area contributed by atoms with Crippen molar-refractivity contribution in [2.45, 2.75) is 19.3 Å². The number of halogens is 1. The molecule has 0 radical (unpaired) electrons. The zero-order valence-electron chi connectivity index (χ0n) is 8.74. The lowest BCUT2D eigenvalue weighted by atomic mass is 9.97. The molecule has 0 fully saturated rings. The summed E-state index contributed by atoms with van der Waals surface area (Å²) in [6.45, 7) is 1.92.